The number of amidine groups is 1. The van der Waals surface area contributed by atoms with E-state index in [1.54, 1.807) is 17.4 Å². The first-order valence-corrected chi connectivity index (χ1v) is 11.9. The van der Waals surface area contributed by atoms with E-state index in [1.807, 2.05) is 42.3 Å². The van der Waals surface area contributed by atoms with Crippen molar-refractivity contribution in [3.63, 3.8) is 0 Å². The molecule has 0 atom stereocenters. The molecule has 0 aliphatic heterocycles. The molecule has 32 heavy (non-hydrogen) atoms. The van der Waals surface area contributed by atoms with E-state index in [0.717, 1.165) is 53.5 Å². The molecular formula is C25H32N4O2S. The molecule has 3 aromatic rings. The van der Waals surface area contributed by atoms with E-state index in [4.69, 9.17) is 20.8 Å². The van der Waals surface area contributed by atoms with Gasteiger partial charge in [0.05, 0.1) is 22.9 Å². The molecule has 0 unspecified atom stereocenters. The zero-order chi connectivity index (χ0) is 23.1. The van der Waals surface area contributed by atoms with Crippen LogP contribution in [0.4, 0.5) is 5.69 Å². The maximum absolute atomic E-state index is 9.02. The lowest BCUT2D eigenvalue weighted by Crippen LogP contribution is -2.29. The zero-order valence-electron chi connectivity index (χ0n) is 19.2. The topological polar surface area (TPSA) is 84.0 Å². The number of aromatic nitrogens is 1. The van der Waals surface area contributed by atoms with Crippen molar-refractivity contribution >= 4 is 22.9 Å². The van der Waals surface area contributed by atoms with Crippen molar-refractivity contribution in [1.82, 2.24) is 4.98 Å². The summed E-state index contributed by atoms with van der Waals surface area (Å²) < 4.78 is 0. The highest BCUT2D eigenvalue weighted by molar-refractivity contribution is 7.12. The summed E-state index contributed by atoms with van der Waals surface area (Å²) in [6.45, 7) is 9.36. The third-order valence-electron chi connectivity index (χ3n) is 5.13. The molecule has 0 radical (unpaired) electrons. The average Bonchev–Trinajstić information content (AvgIpc) is 3.20. The number of hydrogen-bond donors (Lipinski definition) is 2. The first kappa shape index (κ1) is 23.6. The number of hydrogen-bond acceptors (Lipinski definition) is 6. The van der Waals surface area contributed by atoms with Crippen molar-refractivity contribution in [2.75, 3.05) is 11.6 Å². The lowest BCUT2D eigenvalue weighted by Gasteiger charge is -2.25. The quantitative estimate of drug-likeness (QED) is 0.123. The summed E-state index contributed by atoms with van der Waals surface area (Å²) in [5, 5.41) is 15.1. The van der Waals surface area contributed by atoms with Crippen LogP contribution in [-0.2, 0) is 0 Å². The number of unbranched alkanes of at least 4 members (excludes halogenated alkanes) is 2. The minimum absolute atomic E-state index is 0.0734. The number of benzene rings is 2. The number of thiazole rings is 1. The second kappa shape index (κ2) is 11.0. The number of anilines is 1. The van der Waals surface area contributed by atoms with E-state index >= 15 is 0 Å². The summed E-state index contributed by atoms with van der Waals surface area (Å²) in [6.07, 6.45) is 3.23. The molecule has 0 spiro atoms. The van der Waals surface area contributed by atoms with Gasteiger partial charge in [0.1, 0.15) is 0 Å². The summed E-state index contributed by atoms with van der Waals surface area (Å²) in [5.74, 6) is 1.25. The van der Waals surface area contributed by atoms with Crippen molar-refractivity contribution in [2.45, 2.75) is 52.9 Å². The fourth-order valence-electron chi connectivity index (χ4n) is 3.45. The highest BCUT2D eigenvalue weighted by atomic mass is 32.1. The largest absolute Gasteiger partial charge is 0.409 e. The van der Waals surface area contributed by atoms with Crippen LogP contribution in [0.2, 0.25) is 0 Å². The maximum atomic E-state index is 9.02. The highest BCUT2D eigenvalue weighted by Crippen LogP contribution is 2.34. The van der Waals surface area contributed by atoms with E-state index in [-0.39, 0.29) is 5.84 Å². The number of oxime groups is 1. The molecule has 0 bridgehead atoms. The number of aryl methyl sites for hydroxylation is 1. The molecule has 0 aliphatic rings. The smallest absolute Gasteiger partial charge is 0.170 e. The summed E-state index contributed by atoms with van der Waals surface area (Å²) in [6, 6.07) is 15.6. The molecule has 0 aliphatic carbocycles. The Morgan fingerprint density at radius 2 is 1.94 bits per heavy atom. The van der Waals surface area contributed by atoms with Gasteiger partial charge in [-0.2, -0.15) is 0 Å². The lowest BCUT2D eigenvalue weighted by molar-refractivity contribution is 0.275. The van der Waals surface area contributed by atoms with Crippen LogP contribution in [0, 0.1) is 6.92 Å². The van der Waals surface area contributed by atoms with Crippen molar-refractivity contribution < 1.29 is 10.0 Å². The third kappa shape index (κ3) is 5.79. The molecule has 1 aromatic heterocycles. The van der Waals surface area contributed by atoms with Crippen LogP contribution in [0.1, 0.15) is 61.4 Å². The molecule has 6 nitrogen and oxygen atoms in total. The second-order valence-corrected chi connectivity index (χ2v) is 9.30. The average molecular weight is 453 g/mol. The van der Waals surface area contributed by atoms with Crippen LogP contribution in [-0.4, -0.2) is 22.6 Å². The summed E-state index contributed by atoms with van der Waals surface area (Å²) in [7, 11) is 0. The van der Waals surface area contributed by atoms with Gasteiger partial charge in [-0.25, -0.2) is 10.0 Å². The highest BCUT2D eigenvalue weighted by Gasteiger charge is 2.15. The van der Waals surface area contributed by atoms with Gasteiger partial charge in [0.25, 0.3) is 0 Å². The van der Waals surface area contributed by atoms with Crippen LogP contribution < -0.4 is 15.6 Å². The van der Waals surface area contributed by atoms with Crippen molar-refractivity contribution in [1.29, 1.82) is 0 Å². The maximum Gasteiger partial charge on any atom is 0.170 e. The normalized spacial score (nSPS) is 11.7. The van der Waals surface area contributed by atoms with E-state index < -0.39 is 0 Å². The Morgan fingerprint density at radius 3 is 2.59 bits per heavy atom. The van der Waals surface area contributed by atoms with Crippen molar-refractivity contribution in [3.8, 4) is 17.0 Å². The standard InChI is InChI=1S/C25H32N4O2S/c1-5-6-7-15-29(21-10-8-9-20(16-21)25(26)28-30)31-22-13-11-19(12-14-22)23-24(17(2)3)32-18(4)27-23/h8-14,16-17,30H,5-7,15H2,1-4H3,(H2,26,28). The Bertz CT molecular complexity index is 1040. The van der Waals surface area contributed by atoms with Crippen LogP contribution in [0.25, 0.3) is 11.3 Å². The first-order valence-electron chi connectivity index (χ1n) is 11.0. The van der Waals surface area contributed by atoms with Crippen LogP contribution in [0.15, 0.2) is 53.7 Å². The zero-order valence-corrected chi connectivity index (χ0v) is 20.0. The van der Waals surface area contributed by atoms with Crippen molar-refractivity contribution in [3.05, 3.63) is 64.0 Å². The summed E-state index contributed by atoms with van der Waals surface area (Å²) in [4.78, 5) is 12.3. The van der Waals surface area contributed by atoms with Crippen LogP contribution in [0.3, 0.4) is 0 Å². The Hall–Kier alpha value is -3.06. The number of rotatable bonds is 10. The predicted molar refractivity (Wildman–Crippen MR) is 133 cm³/mol. The van der Waals surface area contributed by atoms with Gasteiger partial charge in [-0.1, -0.05) is 50.9 Å². The van der Waals surface area contributed by atoms with E-state index in [1.165, 1.54) is 4.88 Å². The molecule has 1 heterocycles. The number of nitrogens with two attached hydrogens (primary N) is 1. The molecule has 2 aromatic carbocycles. The minimum atomic E-state index is 0.0734. The molecule has 3 rings (SSSR count). The monoisotopic (exact) mass is 452 g/mol. The first-order chi connectivity index (χ1) is 15.4. The Balaban J connectivity index is 1.84. The summed E-state index contributed by atoms with van der Waals surface area (Å²) in [5.41, 5.74) is 9.43. The number of hydroxylamine groups is 1. The van der Waals surface area contributed by atoms with Gasteiger partial charge in [0.2, 0.25) is 0 Å². The van der Waals surface area contributed by atoms with Crippen LogP contribution in [0.5, 0.6) is 5.75 Å². The fourth-order valence-corrected chi connectivity index (χ4v) is 4.40. The van der Waals surface area contributed by atoms with E-state index in [2.05, 4.69) is 38.1 Å². The van der Waals surface area contributed by atoms with Gasteiger partial charge >= 0.3 is 0 Å². The molecule has 0 fully saturated rings. The van der Waals surface area contributed by atoms with Gasteiger partial charge in [-0.3, -0.25) is 0 Å². The Morgan fingerprint density at radius 1 is 1.19 bits per heavy atom. The Labute approximate surface area is 194 Å². The van der Waals surface area contributed by atoms with E-state index in [9.17, 15) is 0 Å². The second-order valence-electron chi connectivity index (χ2n) is 8.06. The Kier molecular flexibility index (Phi) is 8.11. The van der Waals surface area contributed by atoms with Gasteiger partial charge < -0.3 is 15.8 Å². The van der Waals surface area contributed by atoms with E-state index in [0.29, 0.717) is 11.5 Å². The predicted octanol–water partition coefficient (Wildman–Crippen LogP) is 6.33. The van der Waals surface area contributed by atoms with Gasteiger partial charge in [-0.05, 0) is 55.7 Å². The molecular weight excluding hydrogens is 420 g/mol. The van der Waals surface area contributed by atoms with Gasteiger partial charge in [0, 0.05) is 16.0 Å². The molecule has 0 saturated carbocycles. The lowest BCUT2D eigenvalue weighted by atomic mass is 10.1. The molecule has 3 N–H and O–H groups in total. The van der Waals surface area contributed by atoms with Crippen LogP contribution >= 0.6 is 11.3 Å². The number of nitrogens with zero attached hydrogens (tertiary/aromatic N) is 3. The molecule has 170 valence electrons. The molecule has 7 heteroatoms. The fraction of sp³-hybridized carbons (Fsp3) is 0.360. The van der Waals surface area contributed by atoms with Gasteiger partial charge in [0.15, 0.2) is 11.6 Å². The molecule has 0 amide bonds. The van der Waals surface area contributed by atoms with Crippen molar-refractivity contribution in [2.24, 2.45) is 10.9 Å². The summed E-state index contributed by atoms with van der Waals surface area (Å²) >= 11 is 1.76. The van der Waals surface area contributed by atoms with Gasteiger partial charge in [-0.15, -0.1) is 11.3 Å². The SMILES string of the molecule is CCCCCN(Oc1ccc(-c2nc(C)sc2C(C)C)cc1)c1cccc(C(N)=NO)c1. The third-order valence-corrected chi connectivity index (χ3v) is 6.40. The minimum Gasteiger partial charge on any atom is -0.409 e. The molecule has 0 saturated heterocycles.